The van der Waals surface area contributed by atoms with Gasteiger partial charge in [-0.05, 0) is 42.5 Å². The Morgan fingerprint density at radius 1 is 0.634 bits per heavy atom. The van der Waals surface area contributed by atoms with Crippen molar-refractivity contribution < 1.29 is 23.4 Å². The van der Waals surface area contributed by atoms with Crippen LogP contribution in [-0.2, 0) is 19.3 Å². The van der Waals surface area contributed by atoms with Gasteiger partial charge in [-0.2, -0.15) is 13.2 Å². The smallest absolute Gasteiger partial charge is 0.417 e. The Balaban J connectivity index is 1.29. The minimum atomic E-state index is -4.52. The Bertz CT molecular complexity index is 1500. The topological polar surface area (TPSA) is 64.5 Å². The molecule has 1 fully saturated rings. The van der Waals surface area contributed by atoms with Crippen molar-refractivity contribution in [3.63, 3.8) is 0 Å². The molecule has 4 nitrogen and oxygen atoms in total. The fraction of sp³-hybridized carbons (Fsp3) is 0.294. The minimum Gasteiger partial charge on any atom is -0.507 e. The SMILES string of the molecule is Cc1ccccc1-c1cccc(CNC2CCCCC2NCc2cccc(-c3ccccc3C(F)(F)F)c2O)c1O. The van der Waals surface area contributed by atoms with E-state index in [1.807, 2.05) is 49.4 Å². The second-order valence-corrected chi connectivity index (χ2v) is 10.7. The highest BCUT2D eigenvalue weighted by molar-refractivity contribution is 5.75. The predicted octanol–water partition coefficient (Wildman–Crippen LogP) is 7.95. The van der Waals surface area contributed by atoms with E-state index in [0.717, 1.165) is 54.0 Å². The molecule has 1 aliphatic carbocycles. The van der Waals surface area contributed by atoms with Crippen molar-refractivity contribution in [2.45, 2.75) is 64.0 Å². The molecule has 41 heavy (non-hydrogen) atoms. The summed E-state index contributed by atoms with van der Waals surface area (Å²) in [6, 6.07) is 24.3. The van der Waals surface area contributed by atoms with Gasteiger partial charge >= 0.3 is 6.18 Å². The molecule has 5 rings (SSSR count). The van der Waals surface area contributed by atoms with Gasteiger partial charge in [0.1, 0.15) is 11.5 Å². The van der Waals surface area contributed by atoms with Gasteiger partial charge in [-0.25, -0.2) is 0 Å². The maximum Gasteiger partial charge on any atom is 0.417 e. The molecular formula is C34H35F3N2O2. The largest absolute Gasteiger partial charge is 0.507 e. The lowest BCUT2D eigenvalue weighted by Gasteiger charge is -2.33. The van der Waals surface area contributed by atoms with E-state index >= 15 is 0 Å². The zero-order chi connectivity index (χ0) is 29.0. The van der Waals surface area contributed by atoms with E-state index in [1.165, 1.54) is 18.2 Å². The molecule has 2 atom stereocenters. The van der Waals surface area contributed by atoms with Gasteiger partial charge in [0.25, 0.3) is 0 Å². The van der Waals surface area contributed by atoms with Crippen molar-refractivity contribution in [3.8, 4) is 33.8 Å². The lowest BCUT2D eigenvalue weighted by Crippen LogP contribution is -2.49. The number of alkyl halides is 3. The van der Waals surface area contributed by atoms with E-state index in [9.17, 15) is 23.4 Å². The van der Waals surface area contributed by atoms with Crippen molar-refractivity contribution in [2.24, 2.45) is 0 Å². The monoisotopic (exact) mass is 560 g/mol. The Morgan fingerprint density at radius 3 is 1.63 bits per heavy atom. The maximum atomic E-state index is 13.6. The number of hydrogen-bond acceptors (Lipinski definition) is 4. The number of aromatic hydroxyl groups is 2. The van der Waals surface area contributed by atoms with Crippen LogP contribution in [0.2, 0.25) is 0 Å². The highest BCUT2D eigenvalue weighted by Gasteiger charge is 2.34. The van der Waals surface area contributed by atoms with Gasteiger partial charge in [-0.1, -0.05) is 91.7 Å². The minimum absolute atomic E-state index is 0.0377. The molecule has 0 bridgehead atoms. The van der Waals surface area contributed by atoms with Crippen LogP contribution in [0, 0.1) is 6.92 Å². The standard InChI is InChI=1S/C34H35F3N2O2/c1-22-10-2-3-13-25(22)27-15-8-11-23(32(27)40)20-38-30-18-6-7-19-31(30)39-21-24-12-9-16-28(33(24)41)26-14-4-5-17-29(26)34(35,36)37/h2-5,8-17,30-31,38-41H,6-7,18-21H2,1H3. The first-order chi connectivity index (χ1) is 19.7. The molecule has 0 saturated heterocycles. The van der Waals surface area contributed by atoms with Crippen molar-refractivity contribution in [1.29, 1.82) is 0 Å². The summed E-state index contributed by atoms with van der Waals surface area (Å²) in [5.74, 6) is 0.130. The third-order valence-electron chi connectivity index (χ3n) is 8.07. The molecule has 0 spiro atoms. The van der Waals surface area contributed by atoms with E-state index in [0.29, 0.717) is 18.7 Å². The maximum absolute atomic E-state index is 13.6. The summed E-state index contributed by atoms with van der Waals surface area (Å²) in [5.41, 5.74) is 3.64. The predicted molar refractivity (Wildman–Crippen MR) is 157 cm³/mol. The van der Waals surface area contributed by atoms with Crippen molar-refractivity contribution in [1.82, 2.24) is 10.6 Å². The third kappa shape index (κ3) is 6.42. The number of para-hydroxylation sites is 2. The summed E-state index contributed by atoms with van der Waals surface area (Å²) >= 11 is 0. The quantitative estimate of drug-likeness (QED) is 0.177. The normalized spacial score (nSPS) is 17.5. The number of nitrogens with one attached hydrogen (secondary N) is 2. The second kappa shape index (κ2) is 12.4. The summed E-state index contributed by atoms with van der Waals surface area (Å²) in [6.45, 7) is 2.86. The zero-order valence-electron chi connectivity index (χ0n) is 23.0. The fourth-order valence-corrected chi connectivity index (χ4v) is 5.84. The summed E-state index contributed by atoms with van der Waals surface area (Å²) in [5, 5.41) is 29.2. The number of phenolic OH excluding ortho intramolecular Hbond substituents is 2. The molecule has 214 valence electrons. The number of benzene rings is 4. The van der Waals surface area contributed by atoms with E-state index in [-0.39, 0.29) is 34.7 Å². The highest BCUT2D eigenvalue weighted by atomic mass is 19.4. The molecule has 2 unspecified atom stereocenters. The molecule has 0 aromatic heterocycles. The molecule has 0 amide bonds. The van der Waals surface area contributed by atoms with Gasteiger partial charge in [-0.15, -0.1) is 0 Å². The molecule has 0 aliphatic heterocycles. The number of rotatable bonds is 8. The van der Waals surface area contributed by atoms with Gasteiger partial charge in [0.15, 0.2) is 0 Å². The molecule has 4 N–H and O–H groups in total. The van der Waals surface area contributed by atoms with Gasteiger partial charge < -0.3 is 20.8 Å². The van der Waals surface area contributed by atoms with Crippen LogP contribution < -0.4 is 10.6 Å². The summed E-state index contributed by atoms with van der Waals surface area (Å²) < 4.78 is 40.9. The lowest BCUT2D eigenvalue weighted by atomic mass is 9.89. The first-order valence-corrected chi connectivity index (χ1v) is 14.0. The first-order valence-electron chi connectivity index (χ1n) is 14.0. The average Bonchev–Trinajstić information content (AvgIpc) is 2.97. The first kappa shape index (κ1) is 28.7. The van der Waals surface area contributed by atoms with E-state index in [2.05, 4.69) is 10.6 Å². The molecule has 4 aromatic rings. The van der Waals surface area contributed by atoms with Crippen LogP contribution in [0.1, 0.15) is 47.9 Å². The van der Waals surface area contributed by atoms with Gasteiger partial charge in [0.05, 0.1) is 5.56 Å². The van der Waals surface area contributed by atoms with E-state index in [4.69, 9.17) is 0 Å². The van der Waals surface area contributed by atoms with Crippen molar-refractivity contribution in [3.05, 3.63) is 107 Å². The van der Waals surface area contributed by atoms with E-state index < -0.39 is 11.7 Å². The number of phenols is 2. The van der Waals surface area contributed by atoms with Crippen molar-refractivity contribution >= 4 is 0 Å². The molecule has 7 heteroatoms. The zero-order valence-corrected chi connectivity index (χ0v) is 23.0. The van der Waals surface area contributed by atoms with Crippen LogP contribution in [0.25, 0.3) is 22.3 Å². The summed E-state index contributed by atoms with van der Waals surface area (Å²) in [4.78, 5) is 0. The van der Waals surface area contributed by atoms with Crippen LogP contribution in [0.15, 0.2) is 84.9 Å². The average molecular weight is 561 g/mol. The molecule has 0 heterocycles. The highest BCUT2D eigenvalue weighted by Crippen LogP contribution is 2.41. The van der Waals surface area contributed by atoms with Crippen LogP contribution in [-0.4, -0.2) is 22.3 Å². The number of aryl methyl sites for hydroxylation is 1. The molecule has 1 aliphatic rings. The van der Waals surface area contributed by atoms with E-state index in [1.54, 1.807) is 18.2 Å². The van der Waals surface area contributed by atoms with Gasteiger partial charge in [0, 0.05) is 47.4 Å². The Hall–Kier alpha value is -3.81. The van der Waals surface area contributed by atoms with Crippen molar-refractivity contribution in [2.75, 3.05) is 0 Å². The Labute approximate surface area is 238 Å². The fourth-order valence-electron chi connectivity index (χ4n) is 5.84. The van der Waals surface area contributed by atoms with Crippen LogP contribution in [0.5, 0.6) is 11.5 Å². The lowest BCUT2D eigenvalue weighted by molar-refractivity contribution is -0.137. The summed E-state index contributed by atoms with van der Waals surface area (Å²) in [6.07, 6.45) is -0.480. The second-order valence-electron chi connectivity index (χ2n) is 10.7. The van der Waals surface area contributed by atoms with Crippen LogP contribution in [0.4, 0.5) is 13.2 Å². The molecular weight excluding hydrogens is 525 g/mol. The number of halogens is 3. The van der Waals surface area contributed by atoms with Gasteiger partial charge in [0.2, 0.25) is 0 Å². The number of hydrogen-bond donors (Lipinski definition) is 4. The third-order valence-corrected chi connectivity index (χ3v) is 8.07. The van der Waals surface area contributed by atoms with Crippen LogP contribution >= 0.6 is 0 Å². The molecule has 4 aromatic carbocycles. The molecule has 0 radical (unpaired) electrons. The summed E-state index contributed by atoms with van der Waals surface area (Å²) in [7, 11) is 0. The Kier molecular flexibility index (Phi) is 8.66. The van der Waals surface area contributed by atoms with Gasteiger partial charge in [-0.3, -0.25) is 0 Å². The molecule has 1 saturated carbocycles. The Morgan fingerprint density at radius 2 is 1.10 bits per heavy atom. The van der Waals surface area contributed by atoms with Crippen LogP contribution in [0.3, 0.4) is 0 Å².